The van der Waals surface area contributed by atoms with Crippen LogP contribution in [0.3, 0.4) is 0 Å². The number of hydrogen-bond donors (Lipinski definition) is 2. The highest BCUT2D eigenvalue weighted by Gasteiger charge is 2.21. The van der Waals surface area contributed by atoms with Crippen molar-refractivity contribution in [3.05, 3.63) is 12.4 Å². The average Bonchev–Trinajstić information content (AvgIpc) is 2.28. The molecule has 1 rings (SSSR count). The Morgan fingerprint density at radius 3 is 2.05 bits per heavy atom. The van der Waals surface area contributed by atoms with E-state index in [-0.39, 0.29) is 16.8 Å². The smallest absolute Gasteiger partial charge is 0.243 e. The van der Waals surface area contributed by atoms with Gasteiger partial charge in [0.1, 0.15) is 4.90 Å². The minimum atomic E-state index is -3.57. The lowest BCUT2D eigenvalue weighted by atomic mass is 9.86. The molecule has 0 amide bonds. The first-order valence-corrected chi connectivity index (χ1v) is 7.79. The fourth-order valence-electron chi connectivity index (χ4n) is 2.00. The van der Waals surface area contributed by atoms with Gasteiger partial charge in [-0.15, -0.1) is 0 Å². The zero-order valence-electron chi connectivity index (χ0n) is 11.8. The summed E-state index contributed by atoms with van der Waals surface area (Å²) in [4.78, 5) is 7.42. The largest absolute Gasteiger partial charge is 0.368 e. The summed E-state index contributed by atoms with van der Waals surface area (Å²) >= 11 is 0. The third kappa shape index (κ3) is 4.43. The van der Waals surface area contributed by atoms with Gasteiger partial charge in [-0.05, 0) is 17.8 Å². The molecule has 0 saturated carbocycles. The summed E-state index contributed by atoms with van der Waals surface area (Å²) < 4.78 is 26.7. The zero-order chi connectivity index (χ0) is 14.6. The van der Waals surface area contributed by atoms with Crippen LogP contribution in [0.1, 0.15) is 27.7 Å². The van der Waals surface area contributed by atoms with E-state index in [9.17, 15) is 8.42 Å². The number of nitrogen functional groups attached to an aromatic ring is 1. The van der Waals surface area contributed by atoms with Crippen molar-refractivity contribution in [2.45, 2.75) is 32.6 Å². The minimum Gasteiger partial charge on any atom is -0.368 e. The summed E-state index contributed by atoms with van der Waals surface area (Å²) in [7, 11) is -3.57. The van der Waals surface area contributed by atoms with Crippen molar-refractivity contribution in [2.24, 2.45) is 17.8 Å². The molecule has 6 nitrogen and oxygen atoms in total. The highest BCUT2D eigenvalue weighted by Crippen LogP contribution is 2.20. The van der Waals surface area contributed by atoms with Gasteiger partial charge in [0.15, 0.2) is 0 Å². The molecule has 0 aromatic carbocycles. The molecule has 0 fully saturated rings. The predicted octanol–water partition coefficient (Wildman–Crippen LogP) is 1.27. The Morgan fingerprint density at radius 1 is 1.16 bits per heavy atom. The lowest BCUT2D eigenvalue weighted by Gasteiger charge is -2.24. The van der Waals surface area contributed by atoms with Gasteiger partial charge >= 0.3 is 0 Å². The summed E-state index contributed by atoms with van der Waals surface area (Å²) in [6, 6.07) is 0. The highest BCUT2D eigenvalue weighted by molar-refractivity contribution is 7.89. The number of rotatable bonds is 6. The Morgan fingerprint density at radius 2 is 1.63 bits per heavy atom. The lowest BCUT2D eigenvalue weighted by molar-refractivity contribution is 0.289. The topological polar surface area (TPSA) is 98.0 Å². The molecule has 3 N–H and O–H groups in total. The number of sulfonamides is 1. The molecule has 0 spiro atoms. The summed E-state index contributed by atoms with van der Waals surface area (Å²) in [6.45, 7) is 8.76. The normalized spacial score (nSPS) is 12.6. The molecule has 0 aliphatic heterocycles. The molecular weight excluding hydrogens is 264 g/mol. The van der Waals surface area contributed by atoms with Crippen molar-refractivity contribution in [1.82, 2.24) is 14.7 Å². The van der Waals surface area contributed by atoms with E-state index in [0.29, 0.717) is 18.4 Å². The predicted molar refractivity (Wildman–Crippen MR) is 74.8 cm³/mol. The van der Waals surface area contributed by atoms with Crippen LogP contribution in [0.25, 0.3) is 0 Å². The molecular formula is C12H22N4O2S. The molecule has 0 bridgehead atoms. The third-order valence-corrected chi connectivity index (χ3v) is 4.56. The van der Waals surface area contributed by atoms with Gasteiger partial charge in [-0.25, -0.2) is 23.1 Å². The van der Waals surface area contributed by atoms with Gasteiger partial charge in [0.2, 0.25) is 16.0 Å². The maximum absolute atomic E-state index is 12.1. The molecule has 0 aliphatic carbocycles. The second-order valence-corrected chi connectivity index (χ2v) is 7.05. The summed E-state index contributed by atoms with van der Waals surface area (Å²) in [6.07, 6.45) is 2.43. The summed E-state index contributed by atoms with van der Waals surface area (Å²) in [5.41, 5.74) is 5.33. The monoisotopic (exact) mass is 286 g/mol. The van der Waals surface area contributed by atoms with E-state index in [2.05, 4.69) is 42.4 Å². The molecule has 1 aromatic heterocycles. The maximum Gasteiger partial charge on any atom is 0.243 e. The van der Waals surface area contributed by atoms with Crippen molar-refractivity contribution in [2.75, 3.05) is 12.3 Å². The Balaban J connectivity index is 2.78. The third-order valence-electron chi connectivity index (χ3n) is 3.18. The molecule has 0 saturated heterocycles. The van der Waals surface area contributed by atoms with E-state index in [1.807, 2.05) is 0 Å². The Labute approximate surface area is 114 Å². The average molecular weight is 286 g/mol. The van der Waals surface area contributed by atoms with Crippen LogP contribution in [-0.4, -0.2) is 24.9 Å². The highest BCUT2D eigenvalue weighted by atomic mass is 32.2. The number of aromatic nitrogens is 2. The quantitative estimate of drug-likeness (QED) is 0.820. The first-order valence-electron chi connectivity index (χ1n) is 6.31. The number of nitrogens with zero attached hydrogens (tertiary/aromatic N) is 2. The van der Waals surface area contributed by atoms with Crippen LogP contribution in [0.2, 0.25) is 0 Å². The van der Waals surface area contributed by atoms with E-state index in [1.54, 1.807) is 0 Å². The van der Waals surface area contributed by atoms with Crippen LogP contribution in [-0.2, 0) is 10.0 Å². The van der Waals surface area contributed by atoms with E-state index in [1.165, 1.54) is 12.4 Å². The summed E-state index contributed by atoms with van der Waals surface area (Å²) in [5, 5.41) is 0. The molecule has 0 unspecified atom stereocenters. The van der Waals surface area contributed by atoms with E-state index in [0.717, 1.165) is 0 Å². The number of nitrogens with one attached hydrogen (secondary N) is 1. The molecule has 108 valence electrons. The molecule has 0 atom stereocenters. The van der Waals surface area contributed by atoms with Gasteiger partial charge in [0.25, 0.3) is 0 Å². The Kier molecular flexibility index (Phi) is 5.25. The molecule has 7 heteroatoms. The lowest BCUT2D eigenvalue weighted by Crippen LogP contribution is -2.34. The number of anilines is 1. The molecule has 0 radical (unpaired) electrons. The number of hydrogen-bond acceptors (Lipinski definition) is 5. The molecule has 19 heavy (non-hydrogen) atoms. The van der Waals surface area contributed by atoms with Crippen molar-refractivity contribution < 1.29 is 8.42 Å². The van der Waals surface area contributed by atoms with Gasteiger partial charge in [0, 0.05) is 6.54 Å². The van der Waals surface area contributed by atoms with E-state index in [4.69, 9.17) is 5.73 Å². The van der Waals surface area contributed by atoms with Gasteiger partial charge in [-0.3, -0.25) is 0 Å². The Bertz CT molecular complexity index is 489. The fourth-order valence-corrected chi connectivity index (χ4v) is 2.96. The SMILES string of the molecule is CC(C)C(CNS(=O)(=O)c1cnc(N)nc1)C(C)C. The van der Waals surface area contributed by atoms with Crippen LogP contribution in [0.15, 0.2) is 17.3 Å². The van der Waals surface area contributed by atoms with Crippen LogP contribution in [0.4, 0.5) is 5.95 Å². The second-order valence-electron chi connectivity index (χ2n) is 5.28. The second kappa shape index (κ2) is 6.29. The fraction of sp³-hybridized carbons (Fsp3) is 0.667. The maximum atomic E-state index is 12.1. The van der Waals surface area contributed by atoms with Gasteiger partial charge in [0.05, 0.1) is 12.4 Å². The first-order chi connectivity index (χ1) is 8.74. The van der Waals surface area contributed by atoms with Crippen LogP contribution < -0.4 is 10.5 Å². The van der Waals surface area contributed by atoms with Gasteiger partial charge in [-0.2, -0.15) is 0 Å². The van der Waals surface area contributed by atoms with Crippen molar-refractivity contribution >= 4 is 16.0 Å². The van der Waals surface area contributed by atoms with E-state index < -0.39 is 10.0 Å². The van der Waals surface area contributed by atoms with Crippen molar-refractivity contribution in [3.63, 3.8) is 0 Å². The Hall–Kier alpha value is -1.21. The summed E-state index contributed by atoms with van der Waals surface area (Å²) in [5.74, 6) is 1.15. The standard InChI is InChI=1S/C12H22N4O2S/c1-8(2)11(9(3)4)7-16-19(17,18)10-5-14-12(13)15-6-10/h5-6,8-9,11,16H,7H2,1-4H3,(H2,13,14,15). The minimum absolute atomic E-state index is 0.0352. The van der Waals surface area contributed by atoms with Crippen LogP contribution >= 0.6 is 0 Å². The molecule has 0 aliphatic rings. The van der Waals surface area contributed by atoms with Gasteiger partial charge < -0.3 is 5.73 Å². The van der Waals surface area contributed by atoms with Gasteiger partial charge in [-0.1, -0.05) is 27.7 Å². The van der Waals surface area contributed by atoms with Crippen LogP contribution in [0.5, 0.6) is 0 Å². The first kappa shape index (κ1) is 15.8. The number of nitrogens with two attached hydrogens (primary N) is 1. The molecule has 1 heterocycles. The zero-order valence-corrected chi connectivity index (χ0v) is 12.6. The van der Waals surface area contributed by atoms with Crippen molar-refractivity contribution in [1.29, 1.82) is 0 Å². The van der Waals surface area contributed by atoms with Crippen LogP contribution in [0, 0.1) is 17.8 Å². The van der Waals surface area contributed by atoms with Crippen molar-refractivity contribution in [3.8, 4) is 0 Å². The molecule has 1 aromatic rings. The van der Waals surface area contributed by atoms with E-state index >= 15 is 0 Å².